The first-order valence-electron chi connectivity index (χ1n) is 16.7. The van der Waals surface area contributed by atoms with Crippen LogP contribution < -0.4 is 0 Å². The zero-order valence-electron chi connectivity index (χ0n) is 26.4. The van der Waals surface area contributed by atoms with Crippen molar-refractivity contribution in [3.8, 4) is 27.9 Å². The first-order chi connectivity index (χ1) is 24.3. The van der Waals surface area contributed by atoms with Gasteiger partial charge in [0.1, 0.15) is 16.7 Å². The molecule has 0 aliphatic rings. The number of furan rings is 2. The SMILES string of the molecule is c1ccc(-n2c3ccccc3c3cc(-c4c5ccccc5c(-c5cccc6c5oc5ccc7occc7c56)c5ccccc45)ccc32)cc1. The number of hydrogen-bond acceptors (Lipinski definition) is 2. The molecule has 0 unspecified atom stereocenters. The van der Waals surface area contributed by atoms with Gasteiger partial charge in [0.15, 0.2) is 0 Å². The standard InChI is InChI=1S/C46H27NO2/c1-2-11-29(12-3-1)47-39-20-9-8-13-30(39)38-27-28(21-22-40(38)47)43-31-14-4-6-16-33(31)44(34-17-7-5-15-32(34)43)36-18-10-19-37-45-35-25-26-48-41(35)23-24-42(45)49-46(36)37/h1-27H. The van der Waals surface area contributed by atoms with Gasteiger partial charge in [0.25, 0.3) is 0 Å². The summed E-state index contributed by atoms with van der Waals surface area (Å²) in [4.78, 5) is 0. The third-order valence-electron chi connectivity index (χ3n) is 10.3. The van der Waals surface area contributed by atoms with Gasteiger partial charge in [-0.25, -0.2) is 0 Å². The quantitative estimate of drug-likeness (QED) is 0.183. The summed E-state index contributed by atoms with van der Waals surface area (Å²) in [5, 5.41) is 10.6. The number of benzene rings is 8. The molecule has 3 heterocycles. The lowest BCUT2D eigenvalue weighted by atomic mass is 9.85. The summed E-state index contributed by atoms with van der Waals surface area (Å²) >= 11 is 0. The Morgan fingerprint density at radius 3 is 1.82 bits per heavy atom. The van der Waals surface area contributed by atoms with Crippen molar-refractivity contribution in [3.05, 3.63) is 164 Å². The molecule has 0 saturated heterocycles. The first kappa shape index (κ1) is 26.5. The van der Waals surface area contributed by atoms with Crippen LogP contribution in [0.1, 0.15) is 0 Å². The van der Waals surface area contributed by atoms with Crippen LogP contribution in [0.4, 0.5) is 0 Å². The van der Waals surface area contributed by atoms with Crippen LogP contribution in [0, 0.1) is 0 Å². The third-order valence-corrected chi connectivity index (χ3v) is 10.3. The molecule has 0 fully saturated rings. The summed E-state index contributed by atoms with van der Waals surface area (Å²) in [6, 6.07) is 56.6. The zero-order valence-corrected chi connectivity index (χ0v) is 26.4. The molecule has 0 aliphatic carbocycles. The predicted molar refractivity (Wildman–Crippen MR) is 204 cm³/mol. The van der Waals surface area contributed by atoms with Gasteiger partial charge in [-0.2, -0.15) is 0 Å². The molecular formula is C46H27NO2. The van der Waals surface area contributed by atoms with Crippen molar-refractivity contribution >= 4 is 76.3 Å². The lowest BCUT2D eigenvalue weighted by molar-refractivity contribution is 0.615. The van der Waals surface area contributed by atoms with Crippen molar-refractivity contribution in [1.29, 1.82) is 0 Å². The van der Waals surface area contributed by atoms with Gasteiger partial charge in [-0.1, -0.05) is 109 Å². The van der Waals surface area contributed by atoms with Gasteiger partial charge >= 0.3 is 0 Å². The van der Waals surface area contributed by atoms with E-state index < -0.39 is 0 Å². The van der Waals surface area contributed by atoms with Crippen LogP contribution >= 0.6 is 0 Å². The van der Waals surface area contributed by atoms with Crippen LogP contribution in [0.25, 0.3) is 104 Å². The maximum atomic E-state index is 6.71. The van der Waals surface area contributed by atoms with E-state index in [0.717, 1.165) is 44.2 Å². The van der Waals surface area contributed by atoms with E-state index in [4.69, 9.17) is 8.83 Å². The van der Waals surface area contributed by atoms with Crippen molar-refractivity contribution in [1.82, 2.24) is 4.57 Å². The number of fused-ring (bicyclic) bond motifs is 10. The summed E-state index contributed by atoms with van der Waals surface area (Å²) in [6.45, 7) is 0. The fraction of sp³-hybridized carbons (Fsp3) is 0. The second-order valence-electron chi connectivity index (χ2n) is 12.8. The highest BCUT2D eigenvalue weighted by Gasteiger charge is 2.22. The summed E-state index contributed by atoms with van der Waals surface area (Å²) < 4.78 is 14.8. The highest BCUT2D eigenvalue weighted by Crippen LogP contribution is 2.48. The molecule has 0 amide bonds. The molecule has 0 N–H and O–H groups in total. The minimum absolute atomic E-state index is 0.865. The highest BCUT2D eigenvalue weighted by molar-refractivity contribution is 6.26. The zero-order chi connectivity index (χ0) is 32.1. The van der Waals surface area contributed by atoms with Gasteiger partial charge < -0.3 is 13.4 Å². The Kier molecular flexibility index (Phi) is 5.38. The van der Waals surface area contributed by atoms with Crippen LogP contribution in [-0.2, 0) is 0 Å². The number of para-hydroxylation sites is 3. The summed E-state index contributed by atoms with van der Waals surface area (Å²) in [6.07, 6.45) is 1.75. The Hall–Kier alpha value is -6.58. The second kappa shape index (κ2) is 9.96. The lowest BCUT2D eigenvalue weighted by Gasteiger charge is -2.18. The van der Waals surface area contributed by atoms with Crippen molar-refractivity contribution in [2.45, 2.75) is 0 Å². The van der Waals surface area contributed by atoms with E-state index in [1.807, 2.05) is 18.2 Å². The number of nitrogens with zero attached hydrogens (tertiary/aromatic N) is 1. The molecule has 8 aromatic carbocycles. The fourth-order valence-corrected chi connectivity index (χ4v) is 8.25. The molecule has 49 heavy (non-hydrogen) atoms. The van der Waals surface area contributed by atoms with Crippen LogP contribution in [0.15, 0.2) is 173 Å². The van der Waals surface area contributed by atoms with Gasteiger partial charge in [-0.05, 0) is 81.2 Å². The molecule has 0 saturated carbocycles. The molecule has 3 nitrogen and oxygen atoms in total. The van der Waals surface area contributed by atoms with Gasteiger partial charge in [0, 0.05) is 43.7 Å². The largest absolute Gasteiger partial charge is 0.464 e. The molecule has 0 bridgehead atoms. The van der Waals surface area contributed by atoms with E-state index in [2.05, 4.69) is 144 Å². The number of aromatic nitrogens is 1. The van der Waals surface area contributed by atoms with Crippen LogP contribution in [-0.4, -0.2) is 4.57 Å². The van der Waals surface area contributed by atoms with Gasteiger partial charge in [0.05, 0.1) is 17.3 Å². The average Bonchev–Trinajstić information content (AvgIpc) is 3.88. The third kappa shape index (κ3) is 3.67. The molecule has 0 radical (unpaired) electrons. The smallest absolute Gasteiger partial charge is 0.143 e. The Morgan fingerprint density at radius 2 is 1.04 bits per heavy atom. The van der Waals surface area contributed by atoms with E-state index in [9.17, 15) is 0 Å². The Labute approximate surface area is 280 Å². The van der Waals surface area contributed by atoms with Crippen molar-refractivity contribution < 1.29 is 8.83 Å². The van der Waals surface area contributed by atoms with E-state index >= 15 is 0 Å². The molecule has 3 heteroatoms. The monoisotopic (exact) mass is 625 g/mol. The number of hydrogen-bond donors (Lipinski definition) is 0. The van der Waals surface area contributed by atoms with E-state index in [0.29, 0.717) is 0 Å². The molecule has 11 rings (SSSR count). The first-order valence-corrected chi connectivity index (χ1v) is 16.7. The predicted octanol–water partition coefficient (Wildman–Crippen LogP) is 13.1. The van der Waals surface area contributed by atoms with E-state index in [-0.39, 0.29) is 0 Å². The topological polar surface area (TPSA) is 31.2 Å². The van der Waals surface area contributed by atoms with E-state index in [1.54, 1.807) is 6.26 Å². The normalized spacial score (nSPS) is 12.1. The van der Waals surface area contributed by atoms with Crippen molar-refractivity contribution in [2.24, 2.45) is 0 Å². The Balaban J connectivity index is 1.22. The van der Waals surface area contributed by atoms with Crippen LogP contribution in [0.2, 0.25) is 0 Å². The Morgan fingerprint density at radius 1 is 0.408 bits per heavy atom. The summed E-state index contributed by atoms with van der Waals surface area (Å²) in [5.74, 6) is 0. The van der Waals surface area contributed by atoms with Crippen molar-refractivity contribution in [2.75, 3.05) is 0 Å². The fourth-order valence-electron chi connectivity index (χ4n) is 8.25. The summed E-state index contributed by atoms with van der Waals surface area (Å²) in [5.41, 5.74) is 10.9. The molecule has 0 aliphatic heterocycles. The molecule has 11 aromatic rings. The molecule has 0 atom stereocenters. The highest BCUT2D eigenvalue weighted by atomic mass is 16.3. The average molecular weight is 626 g/mol. The molecule has 0 spiro atoms. The van der Waals surface area contributed by atoms with Gasteiger partial charge in [0.2, 0.25) is 0 Å². The van der Waals surface area contributed by atoms with Crippen molar-refractivity contribution in [3.63, 3.8) is 0 Å². The maximum absolute atomic E-state index is 6.71. The van der Waals surface area contributed by atoms with Gasteiger partial charge in [-0.3, -0.25) is 0 Å². The molecule has 3 aromatic heterocycles. The maximum Gasteiger partial charge on any atom is 0.143 e. The minimum Gasteiger partial charge on any atom is -0.464 e. The molecule has 228 valence electrons. The minimum atomic E-state index is 0.865. The van der Waals surface area contributed by atoms with E-state index in [1.165, 1.54) is 60.0 Å². The van der Waals surface area contributed by atoms with Gasteiger partial charge in [-0.15, -0.1) is 0 Å². The molecular weight excluding hydrogens is 599 g/mol. The lowest BCUT2D eigenvalue weighted by Crippen LogP contribution is -1.93. The Bertz CT molecular complexity index is 3050. The van der Waals surface area contributed by atoms with Crippen LogP contribution in [0.5, 0.6) is 0 Å². The summed E-state index contributed by atoms with van der Waals surface area (Å²) in [7, 11) is 0. The number of rotatable bonds is 3. The second-order valence-corrected chi connectivity index (χ2v) is 12.8. The van der Waals surface area contributed by atoms with Crippen LogP contribution in [0.3, 0.4) is 0 Å².